The second-order valence-electron chi connectivity index (χ2n) is 17.9. The topological polar surface area (TPSA) is 265 Å². The molecule has 0 saturated carbocycles. The summed E-state index contributed by atoms with van der Waals surface area (Å²) in [4.78, 5) is 102. The largest absolute Gasteiger partial charge is 0.573 e. The van der Waals surface area contributed by atoms with Gasteiger partial charge >= 0.3 is 18.5 Å². The number of benzene rings is 4. The molecule has 23 heteroatoms. The number of pyridine rings is 1. The average molecular weight is 1070 g/mol. The van der Waals surface area contributed by atoms with Crippen molar-refractivity contribution >= 4 is 84.9 Å². The lowest BCUT2D eigenvalue weighted by Gasteiger charge is -2.30. The Bertz CT molecular complexity index is 3070. The van der Waals surface area contributed by atoms with Gasteiger partial charge in [0.2, 0.25) is 17.7 Å². The van der Waals surface area contributed by atoms with Gasteiger partial charge in [0.25, 0.3) is 11.8 Å². The second kappa shape index (κ2) is 25.1. The molecule has 0 bridgehead atoms. The zero-order valence-corrected chi connectivity index (χ0v) is 42.0. The summed E-state index contributed by atoms with van der Waals surface area (Å²) in [7, 11) is 0. The fraction of sp³-hybridized carbons (Fsp3) is 0.302. The van der Waals surface area contributed by atoms with Gasteiger partial charge in [0.1, 0.15) is 35.7 Å². The van der Waals surface area contributed by atoms with Gasteiger partial charge in [0.05, 0.1) is 16.3 Å². The number of aromatic hydroxyl groups is 1. The molecule has 3 unspecified atom stereocenters. The van der Waals surface area contributed by atoms with E-state index in [0.717, 1.165) is 28.4 Å². The Balaban J connectivity index is 1.05. The van der Waals surface area contributed by atoms with Crippen LogP contribution in [0.25, 0.3) is 21.1 Å². The van der Waals surface area contributed by atoms with Gasteiger partial charge in [-0.3, -0.25) is 33.9 Å². The van der Waals surface area contributed by atoms with Gasteiger partial charge < -0.3 is 41.6 Å². The van der Waals surface area contributed by atoms with Crippen LogP contribution in [0.1, 0.15) is 75.1 Å². The first kappa shape index (κ1) is 55.2. The SMILES string of the molecule is CC(C)C(NC(=O)CCCCCN1C(=O)C=CC1=O)C(=O)NC(CCCNC(N)=O)C(=O)Nc1ccc(COC(=O)N(c2nc3ccccc3s2)C(c2ccc(OC(F)(F)F)cc2)c2ccc3cccnc3c2O)cc1. The van der Waals surface area contributed by atoms with E-state index in [9.17, 15) is 51.8 Å². The lowest BCUT2D eigenvalue weighted by molar-refractivity contribution is -0.274. The summed E-state index contributed by atoms with van der Waals surface area (Å²) in [5, 5.41) is 23.2. The molecule has 7 N–H and O–H groups in total. The van der Waals surface area contributed by atoms with Crippen LogP contribution in [0.4, 0.5) is 33.6 Å². The summed E-state index contributed by atoms with van der Waals surface area (Å²) < 4.78 is 50.4. The zero-order valence-electron chi connectivity index (χ0n) is 41.2. The van der Waals surface area contributed by atoms with Crippen molar-refractivity contribution in [3.63, 3.8) is 0 Å². The molecule has 76 heavy (non-hydrogen) atoms. The van der Waals surface area contributed by atoms with Crippen LogP contribution in [0.3, 0.4) is 0 Å². The van der Waals surface area contributed by atoms with Crippen LogP contribution in [0, 0.1) is 5.92 Å². The molecule has 2 aromatic heterocycles. The fourth-order valence-electron chi connectivity index (χ4n) is 8.28. The van der Waals surface area contributed by atoms with Crippen LogP contribution in [0.5, 0.6) is 11.5 Å². The number of alkyl halides is 3. The van der Waals surface area contributed by atoms with E-state index in [0.29, 0.717) is 46.1 Å². The first-order valence-corrected chi connectivity index (χ1v) is 25.0. The molecule has 0 spiro atoms. The number of para-hydroxylation sites is 1. The summed E-state index contributed by atoms with van der Waals surface area (Å²) in [6.45, 7) is 3.47. The van der Waals surface area contributed by atoms with E-state index in [1.807, 2.05) is 0 Å². The highest BCUT2D eigenvalue weighted by Gasteiger charge is 2.36. The van der Waals surface area contributed by atoms with Crippen molar-refractivity contribution in [3.05, 3.63) is 132 Å². The molecular weight excluding hydrogens is 1010 g/mol. The lowest BCUT2D eigenvalue weighted by atomic mass is 9.95. The number of imide groups is 1. The number of thiazole rings is 1. The number of nitrogens with two attached hydrogens (primary N) is 1. The van der Waals surface area contributed by atoms with Crippen LogP contribution in [-0.4, -0.2) is 93.2 Å². The monoisotopic (exact) mass is 1070 g/mol. The summed E-state index contributed by atoms with van der Waals surface area (Å²) >= 11 is 1.14. The number of fused-ring (bicyclic) bond motifs is 2. The van der Waals surface area contributed by atoms with E-state index in [1.54, 1.807) is 86.6 Å². The number of nitrogens with zero attached hydrogens (tertiary/aromatic N) is 4. The number of phenols is 1. The van der Waals surface area contributed by atoms with Gasteiger partial charge in [0.15, 0.2) is 5.13 Å². The zero-order chi connectivity index (χ0) is 54.5. The minimum absolute atomic E-state index is 0.0628. The Kier molecular flexibility index (Phi) is 18.2. The normalized spacial score (nSPS) is 13.6. The highest BCUT2D eigenvalue weighted by atomic mass is 32.1. The summed E-state index contributed by atoms with van der Waals surface area (Å²) in [5.74, 6) is -3.60. The van der Waals surface area contributed by atoms with Gasteiger partial charge in [-0.2, -0.15) is 0 Å². The number of ether oxygens (including phenoxy) is 2. The maximum Gasteiger partial charge on any atom is 0.573 e. The Morgan fingerprint density at radius 3 is 2.25 bits per heavy atom. The molecule has 0 aliphatic carbocycles. The highest BCUT2D eigenvalue weighted by Crippen LogP contribution is 2.43. The maximum absolute atomic E-state index is 14.6. The van der Waals surface area contributed by atoms with E-state index in [1.165, 1.54) is 35.4 Å². The van der Waals surface area contributed by atoms with E-state index < -0.39 is 60.1 Å². The third kappa shape index (κ3) is 14.6. The molecule has 6 aromatic rings. The molecule has 7 rings (SSSR count). The molecule has 3 heterocycles. The Hall–Kier alpha value is -8.60. The van der Waals surface area contributed by atoms with Crippen molar-refractivity contribution in [2.45, 2.75) is 83.5 Å². The predicted molar refractivity (Wildman–Crippen MR) is 276 cm³/mol. The van der Waals surface area contributed by atoms with Crippen LogP contribution < -0.4 is 36.6 Å². The number of anilines is 2. The molecule has 8 amide bonds. The van der Waals surface area contributed by atoms with Crippen molar-refractivity contribution in [1.82, 2.24) is 30.8 Å². The first-order valence-electron chi connectivity index (χ1n) is 24.2. The molecule has 19 nitrogen and oxygen atoms in total. The van der Waals surface area contributed by atoms with Crippen molar-refractivity contribution in [1.29, 1.82) is 0 Å². The molecule has 3 atom stereocenters. The van der Waals surface area contributed by atoms with E-state index in [2.05, 4.69) is 31.0 Å². The quantitative estimate of drug-likeness (QED) is 0.0264. The number of hydrogen-bond donors (Lipinski definition) is 6. The molecule has 0 saturated heterocycles. The van der Waals surface area contributed by atoms with Crippen molar-refractivity contribution in [2.75, 3.05) is 23.3 Å². The van der Waals surface area contributed by atoms with Gasteiger partial charge in [-0.05, 0) is 85.2 Å². The number of nitrogens with one attached hydrogen (secondary N) is 4. The Morgan fingerprint density at radius 1 is 0.842 bits per heavy atom. The smallest absolute Gasteiger partial charge is 0.505 e. The van der Waals surface area contributed by atoms with Gasteiger partial charge in [0, 0.05) is 54.5 Å². The van der Waals surface area contributed by atoms with E-state index in [-0.39, 0.29) is 84.2 Å². The van der Waals surface area contributed by atoms with Crippen molar-refractivity contribution in [2.24, 2.45) is 11.7 Å². The van der Waals surface area contributed by atoms with Gasteiger partial charge in [-0.1, -0.05) is 86.2 Å². The number of carbonyl (C=O) groups excluding carboxylic acids is 7. The summed E-state index contributed by atoms with van der Waals surface area (Å²) in [5.41, 5.74) is 7.15. The molecule has 4 aromatic carbocycles. The number of halogens is 3. The van der Waals surface area contributed by atoms with Crippen LogP contribution in [0.15, 0.2) is 115 Å². The van der Waals surface area contributed by atoms with Gasteiger partial charge in [-0.15, -0.1) is 13.2 Å². The number of rotatable bonds is 23. The Morgan fingerprint density at radius 2 is 1.57 bits per heavy atom. The molecular formula is C53H54F3N9O10S. The number of amides is 8. The number of phenolic OH excluding ortho intramolecular Hbond substituents is 1. The number of carbonyl (C=O) groups is 7. The van der Waals surface area contributed by atoms with Crippen molar-refractivity contribution < 1.29 is 61.3 Å². The molecule has 1 aliphatic heterocycles. The third-order valence-corrected chi connectivity index (χ3v) is 13.1. The Labute approximate surface area is 437 Å². The summed E-state index contributed by atoms with van der Waals surface area (Å²) in [6.07, 6.45) is -0.167. The highest BCUT2D eigenvalue weighted by molar-refractivity contribution is 7.22. The molecule has 398 valence electrons. The number of urea groups is 1. The second-order valence-corrected chi connectivity index (χ2v) is 18.9. The predicted octanol–water partition coefficient (Wildman–Crippen LogP) is 7.88. The van der Waals surface area contributed by atoms with Crippen LogP contribution in [-0.2, 0) is 35.3 Å². The van der Waals surface area contributed by atoms with Crippen molar-refractivity contribution in [3.8, 4) is 11.5 Å². The number of hydrogen-bond acceptors (Lipinski definition) is 13. The standard InChI is InChI=1S/C53H54F3N9O10S/c1-31(2)44(63-41(66)14-4-3-7-29-64-42(67)25-26-43(64)68)49(71)61-39(12-9-28-59-50(57)72)48(70)60-35-20-15-32(16-21-35)30-74-52(73)65(51-62-38-11-5-6-13-40(38)76-51)46(34-17-22-36(23-18-34)75-53(54,55)56)37-24-19-33-10-8-27-58-45(33)47(37)69/h5-6,8,10-11,13,15-27,31,39,44,46,69H,3-4,7,9,12,14,28-30H2,1-2H3,(H,60,70)(H,61,71)(H,63,66)(H3,57,59,72). The molecule has 0 radical (unpaired) electrons. The summed E-state index contributed by atoms with van der Waals surface area (Å²) in [6, 6.07) is 20.7. The fourth-order valence-corrected chi connectivity index (χ4v) is 9.27. The van der Waals surface area contributed by atoms with E-state index >= 15 is 0 Å². The van der Waals surface area contributed by atoms with E-state index in [4.69, 9.17) is 15.5 Å². The maximum atomic E-state index is 14.6. The van der Waals surface area contributed by atoms with Gasteiger partial charge in [-0.25, -0.2) is 19.5 Å². The first-order chi connectivity index (χ1) is 36.3. The number of primary amides is 1. The average Bonchev–Trinajstić information content (AvgIpc) is 3.97. The van der Waals surface area contributed by atoms with Crippen LogP contribution >= 0.6 is 11.3 Å². The minimum Gasteiger partial charge on any atom is -0.505 e. The number of unbranched alkanes of at least 4 members (excludes halogenated alkanes) is 2. The molecule has 1 aliphatic rings. The third-order valence-electron chi connectivity index (χ3n) is 12.1. The lowest BCUT2D eigenvalue weighted by Crippen LogP contribution is -2.54. The van der Waals surface area contributed by atoms with Crippen LogP contribution in [0.2, 0.25) is 0 Å². The minimum atomic E-state index is -4.97. The molecule has 0 fully saturated rings. The number of aromatic nitrogens is 2.